The van der Waals surface area contributed by atoms with Crippen molar-refractivity contribution in [2.45, 2.75) is 59.3 Å². The van der Waals surface area contributed by atoms with E-state index in [-0.39, 0.29) is 27.5 Å². The van der Waals surface area contributed by atoms with Crippen LogP contribution < -0.4 is 0 Å². The SMILES string of the molecule is C=C(/C=C(\N=N/C)c1c(F)cccc1F)C1CCC(C)(CN(CC)S(=O)(=O)c2c(C)nn(C)c2C)C1(C)C. The van der Waals surface area contributed by atoms with Crippen LogP contribution in [0.15, 0.2) is 51.6 Å². The van der Waals surface area contributed by atoms with E-state index in [1.807, 2.05) is 6.92 Å². The van der Waals surface area contributed by atoms with Crippen LogP contribution in [0.3, 0.4) is 0 Å². The normalized spacial score (nSPS) is 22.1. The number of sulfonamides is 1. The summed E-state index contributed by atoms with van der Waals surface area (Å²) < 4.78 is 59.7. The molecule has 0 aliphatic heterocycles. The Morgan fingerprint density at radius 1 is 1.26 bits per heavy atom. The van der Waals surface area contributed by atoms with Crippen molar-refractivity contribution in [2.24, 2.45) is 34.0 Å². The van der Waals surface area contributed by atoms with Crippen LogP contribution in [0.1, 0.15) is 57.5 Å². The van der Waals surface area contributed by atoms with E-state index in [4.69, 9.17) is 0 Å². The summed E-state index contributed by atoms with van der Waals surface area (Å²) in [6.07, 6.45) is 3.11. The van der Waals surface area contributed by atoms with Gasteiger partial charge in [-0.25, -0.2) is 17.2 Å². The van der Waals surface area contributed by atoms with Gasteiger partial charge in [0.05, 0.1) is 22.6 Å². The number of aryl methyl sites for hydroxylation is 2. The van der Waals surface area contributed by atoms with Crippen LogP contribution in [0.25, 0.3) is 5.70 Å². The summed E-state index contributed by atoms with van der Waals surface area (Å²) in [4.78, 5) is 0.256. The first-order valence-electron chi connectivity index (χ1n) is 12.8. The van der Waals surface area contributed by atoms with Gasteiger partial charge >= 0.3 is 0 Å². The van der Waals surface area contributed by atoms with Gasteiger partial charge in [-0.2, -0.15) is 19.6 Å². The molecule has 0 amide bonds. The summed E-state index contributed by atoms with van der Waals surface area (Å²) in [7, 11) is -0.592. The molecular weight excluding hydrogens is 508 g/mol. The lowest BCUT2D eigenvalue weighted by molar-refractivity contribution is 0.0803. The lowest BCUT2D eigenvalue weighted by Gasteiger charge is -2.44. The molecule has 1 saturated carbocycles. The van der Waals surface area contributed by atoms with Crippen LogP contribution in [0.5, 0.6) is 0 Å². The Morgan fingerprint density at radius 2 is 1.87 bits per heavy atom. The summed E-state index contributed by atoms with van der Waals surface area (Å²) in [5, 5.41) is 12.1. The molecule has 0 saturated heterocycles. The Labute approximate surface area is 225 Å². The Kier molecular flexibility index (Phi) is 8.48. The number of azo groups is 1. The lowest BCUT2D eigenvalue weighted by Crippen LogP contribution is -2.46. The molecule has 2 unspecified atom stereocenters. The molecule has 1 fully saturated rings. The molecule has 2 aromatic rings. The van der Waals surface area contributed by atoms with Crippen LogP contribution in [-0.2, 0) is 17.1 Å². The van der Waals surface area contributed by atoms with E-state index in [9.17, 15) is 17.2 Å². The number of allylic oxidation sites excluding steroid dienone is 2. The molecule has 0 bridgehead atoms. The molecule has 0 N–H and O–H groups in total. The monoisotopic (exact) mass is 547 g/mol. The van der Waals surface area contributed by atoms with E-state index in [0.717, 1.165) is 12.8 Å². The van der Waals surface area contributed by atoms with Gasteiger partial charge in [0, 0.05) is 27.2 Å². The number of hydrogen-bond donors (Lipinski definition) is 0. The molecule has 1 aromatic carbocycles. The van der Waals surface area contributed by atoms with Crippen LogP contribution in [0, 0.1) is 42.2 Å². The van der Waals surface area contributed by atoms with Crippen molar-refractivity contribution in [2.75, 3.05) is 20.1 Å². The molecule has 0 spiro atoms. The van der Waals surface area contributed by atoms with Gasteiger partial charge in [-0.05, 0) is 67.2 Å². The fourth-order valence-corrected chi connectivity index (χ4v) is 7.76. The van der Waals surface area contributed by atoms with E-state index in [1.165, 1.54) is 29.6 Å². The summed E-state index contributed by atoms with van der Waals surface area (Å²) in [5.41, 5.74) is 0.803. The minimum atomic E-state index is -3.77. The van der Waals surface area contributed by atoms with Crippen molar-refractivity contribution in [3.63, 3.8) is 0 Å². The number of aromatic nitrogens is 2. The predicted octanol–water partition coefficient (Wildman–Crippen LogP) is 6.45. The molecule has 1 aliphatic rings. The fraction of sp³-hybridized carbons (Fsp3) is 0.536. The van der Waals surface area contributed by atoms with Crippen molar-refractivity contribution < 1.29 is 17.2 Å². The maximum Gasteiger partial charge on any atom is 0.246 e. The van der Waals surface area contributed by atoms with Crippen molar-refractivity contribution in [3.05, 3.63) is 65.0 Å². The van der Waals surface area contributed by atoms with E-state index in [1.54, 1.807) is 31.7 Å². The Bertz CT molecular complexity index is 1370. The third-order valence-corrected chi connectivity index (χ3v) is 10.7. The fourth-order valence-electron chi connectivity index (χ4n) is 5.79. The molecule has 2 atom stereocenters. The number of halogens is 2. The highest BCUT2D eigenvalue weighted by atomic mass is 32.2. The number of nitrogens with zero attached hydrogens (tertiary/aromatic N) is 5. The Balaban J connectivity index is 1.95. The van der Waals surface area contributed by atoms with E-state index in [0.29, 0.717) is 30.1 Å². The quantitative estimate of drug-likeness (QED) is 0.267. The molecule has 208 valence electrons. The van der Waals surface area contributed by atoms with E-state index in [2.05, 4.69) is 42.7 Å². The third kappa shape index (κ3) is 5.12. The molecule has 1 aliphatic carbocycles. The summed E-state index contributed by atoms with van der Waals surface area (Å²) in [6, 6.07) is 3.67. The smallest absolute Gasteiger partial charge is 0.246 e. The van der Waals surface area contributed by atoms with Gasteiger partial charge in [0.2, 0.25) is 10.0 Å². The van der Waals surface area contributed by atoms with Gasteiger partial charge in [-0.1, -0.05) is 40.3 Å². The zero-order valence-electron chi connectivity index (χ0n) is 23.6. The first kappa shape index (κ1) is 29.8. The molecule has 0 radical (unpaired) electrons. The molecule has 1 aromatic heterocycles. The highest BCUT2D eigenvalue weighted by Gasteiger charge is 2.53. The standard InChI is InChI=1S/C28H39F2N5O2S/c1-10-35(38(36,37)26-19(3)33-34(9)20(26)4)17-28(7)15-14-21(27(28,5)6)18(2)16-24(32-31-8)25-22(29)12-11-13-23(25)30/h11-13,16,21H,2,10,14-15,17H2,1,3-9H3/b24-16-,32-31-. The predicted molar refractivity (Wildman–Crippen MR) is 146 cm³/mol. The molecule has 7 nitrogen and oxygen atoms in total. The first-order valence-corrected chi connectivity index (χ1v) is 14.2. The average molecular weight is 548 g/mol. The number of benzene rings is 1. The molecule has 38 heavy (non-hydrogen) atoms. The minimum Gasteiger partial charge on any atom is -0.271 e. The highest BCUT2D eigenvalue weighted by Crippen LogP contribution is 2.58. The largest absolute Gasteiger partial charge is 0.271 e. The third-order valence-electron chi connectivity index (χ3n) is 8.53. The Morgan fingerprint density at radius 3 is 2.37 bits per heavy atom. The van der Waals surface area contributed by atoms with Gasteiger partial charge in [-0.15, -0.1) is 0 Å². The van der Waals surface area contributed by atoms with Crippen molar-refractivity contribution in [1.82, 2.24) is 14.1 Å². The molecule has 10 heteroatoms. The average Bonchev–Trinajstić information content (AvgIpc) is 3.21. The van der Waals surface area contributed by atoms with Crippen LogP contribution in [-0.4, -0.2) is 42.6 Å². The minimum absolute atomic E-state index is 0.0623. The van der Waals surface area contributed by atoms with Crippen molar-refractivity contribution in [3.8, 4) is 0 Å². The molecular formula is C28H39F2N5O2S. The second-order valence-electron chi connectivity index (χ2n) is 10.9. The Hall–Kier alpha value is -2.72. The zero-order valence-corrected chi connectivity index (χ0v) is 24.5. The second-order valence-corrected chi connectivity index (χ2v) is 12.8. The number of rotatable bonds is 9. The van der Waals surface area contributed by atoms with E-state index >= 15 is 0 Å². The zero-order chi connectivity index (χ0) is 28.6. The first-order chi connectivity index (χ1) is 17.6. The topological polar surface area (TPSA) is 79.9 Å². The van der Waals surface area contributed by atoms with Gasteiger partial charge in [0.25, 0.3) is 0 Å². The summed E-state index contributed by atoms with van der Waals surface area (Å²) >= 11 is 0. The summed E-state index contributed by atoms with van der Waals surface area (Å²) in [5.74, 6) is -1.51. The maximum atomic E-state index is 14.5. The van der Waals surface area contributed by atoms with Gasteiger partial charge in [0.15, 0.2) is 0 Å². The van der Waals surface area contributed by atoms with E-state index < -0.39 is 27.1 Å². The maximum absolute atomic E-state index is 14.5. The van der Waals surface area contributed by atoms with Crippen LogP contribution >= 0.6 is 0 Å². The molecule has 3 rings (SSSR count). The van der Waals surface area contributed by atoms with Gasteiger partial charge in [-0.3, -0.25) is 4.68 Å². The summed E-state index contributed by atoms with van der Waals surface area (Å²) in [6.45, 7) is 16.5. The van der Waals surface area contributed by atoms with Crippen LogP contribution in [0.4, 0.5) is 8.78 Å². The highest BCUT2D eigenvalue weighted by molar-refractivity contribution is 7.89. The second kappa shape index (κ2) is 10.8. The lowest BCUT2D eigenvalue weighted by atomic mass is 9.64. The number of hydrogen-bond acceptors (Lipinski definition) is 5. The van der Waals surface area contributed by atoms with Crippen molar-refractivity contribution >= 4 is 15.7 Å². The van der Waals surface area contributed by atoms with Crippen molar-refractivity contribution in [1.29, 1.82) is 0 Å². The molecule has 1 heterocycles. The van der Waals surface area contributed by atoms with Gasteiger partial charge in [0.1, 0.15) is 16.5 Å². The van der Waals surface area contributed by atoms with Crippen LogP contribution in [0.2, 0.25) is 0 Å². The van der Waals surface area contributed by atoms with Gasteiger partial charge < -0.3 is 0 Å².